The van der Waals surface area contributed by atoms with Gasteiger partial charge < -0.3 is 20.1 Å². The predicted octanol–water partition coefficient (Wildman–Crippen LogP) is 1.98. The minimum Gasteiger partial charge on any atom is -0.488 e. The van der Waals surface area contributed by atoms with Crippen molar-refractivity contribution in [1.29, 1.82) is 0 Å². The topological polar surface area (TPSA) is 116 Å². The fourth-order valence-corrected chi connectivity index (χ4v) is 4.31. The predicted molar refractivity (Wildman–Crippen MR) is 134 cm³/mol. The monoisotopic (exact) mass is 503 g/mol. The Labute approximate surface area is 206 Å². The quantitative estimate of drug-likeness (QED) is 0.569. The summed E-state index contributed by atoms with van der Waals surface area (Å²) in [5.41, 5.74) is 1.55. The number of likely N-dealkylation sites (N-methyl/N-ethyl adjacent to an activating group) is 1. The molecule has 0 unspecified atom stereocenters. The Morgan fingerprint density at radius 1 is 1.26 bits per heavy atom. The molecule has 9 nitrogen and oxygen atoms in total. The van der Waals surface area contributed by atoms with E-state index in [0.717, 1.165) is 11.8 Å². The molecular weight excluding hydrogens is 470 g/mol. The first kappa shape index (κ1) is 26.7. The number of benzene rings is 2. The second-order valence-corrected chi connectivity index (χ2v) is 11.2. The van der Waals surface area contributed by atoms with Gasteiger partial charge in [-0.1, -0.05) is 37.3 Å². The van der Waals surface area contributed by atoms with Gasteiger partial charge in [-0.15, -0.1) is 0 Å². The van der Waals surface area contributed by atoms with Gasteiger partial charge >= 0.3 is 0 Å². The molecule has 35 heavy (non-hydrogen) atoms. The number of hydrogen-bond donors (Lipinski definition) is 2. The highest BCUT2D eigenvalue weighted by molar-refractivity contribution is 7.88. The van der Waals surface area contributed by atoms with Crippen LogP contribution >= 0.6 is 0 Å². The molecule has 0 radical (unpaired) electrons. The summed E-state index contributed by atoms with van der Waals surface area (Å²) in [6.45, 7) is 3.78. The number of fused-ring (bicyclic) bond motifs is 1. The van der Waals surface area contributed by atoms with Gasteiger partial charge in [-0.3, -0.25) is 9.59 Å². The summed E-state index contributed by atoms with van der Waals surface area (Å²) >= 11 is 0. The largest absolute Gasteiger partial charge is 0.488 e. The molecule has 0 aromatic heterocycles. The van der Waals surface area contributed by atoms with Crippen molar-refractivity contribution in [3.05, 3.63) is 59.7 Å². The molecule has 10 heteroatoms. The maximum atomic E-state index is 13.5. The number of ether oxygens (including phenoxy) is 1. The third-order valence-corrected chi connectivity index (χ3v) is 7.44. The maximum Gasteiger partial charge on any atom is 0.258 e. The van der Waals surface area contributed by atoms with Crippen molar-refractivity contribution >= 4 is 27.5 Å². The Kier molecular flexibility index (Phi) is 8.52. The first-order valence-electron chi connectivity index (χ1n) is 11.5. The standard InChI is InChI=1S/C25H33N3O6S/c1-17-14-28(18(2)16-29)25(31)21-13-20(26-24(30)12-19-8-6-5-7-9-19)10-11-22(21)34-23(17)15-27(3)35(4,32)33/h5-11,13,17-18,23,29H,12,14-16H2,1-4H3,(H,26,30)/t17-,18-,23-/m0/s1. The molecule has 3 rings (SSSR count). The summed E-state index contributed by atoms with van der Waals surface area (Å²) in [5.74, 6) is -0.472. The van der Waals surface area contributed by atoms with Crippen LogP contribution < -0.4 is 10.1 Å². The molecule has 2 aromatic rings. The van der Waals surface area contributed by atoms with E-state index in [1.165, 1.54) is 11.4 Å². The van der Waals surface area contributed by atoms with E-state index in [0.29, 0.717) is 11.4 Å². The van der Waals surface area contributed by atoms with Gasteiger partial charge in [-0.25, -0.2) is 12.7 Å². The van der Waals surface area contributed by atoms with Crippen molar-refractivity contribution in [3.63, 3.8) is 0 Å². The highest BCUT2D eigenvalue weighted by atomic mass is 32.2. The van der Waals surface area contributed by atoms with Gasteiger partial charge in [-0.2, -0.15) is 0 Å². The van der Waals surface area contributed by atoms with E-state index in [2.05, 4.69) is 5.32 Å². The molecule has 3 atom stereocenters. The number of aliphatic hydroxyl groups is 1. The van der Waals surface area contributed by atoms with E-state index in [1.807, 2.05) is 37.3 Å². The summed E-state index contributed by atoms with van der Waals surface area (Å²) in [7, 11) is -1.95. The van der Waals surface area contributed by atoms with Crippen molar-refractivity contribution in [2.75, 3.05) is 38.3 Å². The minimum atomic E-state index is -3.43. The van der Waals surface area contributed by atoms with Crippen LogP contribution in [0.25, 0.3) is 0 Å². The number of hydrogen-bond acceptors (Lipinski definition) is 6. The smallest absolute Gasteiger partial charge is 0.258 e. The Morgan fingerprint density at radius 2 is 1.94 bits per heavy atom. The number of aliphatic hydroxyl groups excluding tert-OH is 1. The van der Waals surface area contributed by atoms with Gasteiger partial charge in [0.15, 0.2) is 0 Å². The van der Waals surface area contributed by atoms with Crippen LogP contribution in [-0.4, -0.2) is 79.7 Å². The van der Waals surface area contributed by atoms with Gasteiger partial charge in [0.2, 0.25) is 15.9 Å². The van der Waals surface area contributed by atoms with Crippen molar-refractivity contribution in [2.24, 2.45) is 5.92 Å². The summed E-state index contributed by atoms with van der Waals surface area (Å²) in [6.07, 6.45) is 0.782. The fraction of sp³-hybridized carbons (Fsp3) is 0.440. The molecule has 190 valence electrons. The Bertz CT molecular complexity index is 1160. The zero-order valence-corrected chi connectivity index (χ0v) is 21.3. The van der Waals surface area contributed by atoms with E-state index in [1.54, 1.807) is 30.0 Å². The Balaban J connectivity index is 1.91. The zero-order chi connectivity index (χ0) is 25.8. The third-order valence-electron chi connectivity index (χ3n) is 6.16. The lowest BCUT2D eigenvalue weighted by molar-refractivity contribution is -0.115. The van der Waals surface area contributed by atoms with Crippen LogP contribution in [0.2, 0.25) is 0 Å². The van der Waals surface area contributed by atoms with Crippen molar-refractivity contribution in [2.45, 2.75) is 32.4 Å². The van der Waals surface area contributed by atoms with Crippen LogP contribution in [0.1, 0.15) is 29.8 Å². The van der Waals surface area contributed by atoms with Gasteiger partial charge in [0.05, 0.1) is 37.4 Å². The molecular formula is C25H33N3O6S. The van der Waals surface area contributed by atoms with E-state index in [-0.39, 0.29) is 49.4 Å². The van der Waals surface area contributed by atoms with Gasteiger partial charge in [-0.05, 0) is 30.7 Å². The number of sulfonamides is 1. The van der Waals surface area contributed by atoms with Crippen molar-refractivity contribution in [1.82, 2.24) is 9.21 Å². The summed E-state index contributed by atoms with van der Waals surface area (Å²) in [5, 5.41) is 12.6. The molecule has 0 saturated heterocycles. The summed E-state index contributed by atoms with van der Waals surface area (Å²) < 4.78 is 31.4. The molecule has 0 saturated carbocycles. The summed E-state index contributed by atoms with van der Waals surface area (Å²) in [4.78, 5) is 27.6. The minimum absolute atomic E-state index is 0.102. The van der Waals surface area contributed by atoms with E-state index >= 15 is 0 Å². The number of nitrogens with zero attached hydrogens (tertiary/aromatic N) is 2. The molecule has 0 spiro atoms. The Hall–Kier alpha value is -2.95. The second kappa shape index (κ2) is 11.2. The van der Waals surface area contributed by atoms with Crippen LogP contribution in [0.15, 0.2) is 48.5 Å². The molecule has 0 fully saturated rings. The van der Waals surface area contributed by atoms with Gasteiger partial charge in [0.1, 0.15) is 11.9 Å². The number of nitrogens with one attached hydrogen (secondary N) is 1. The number of carbonyl (C=O) groups excluding carboxylic acids is 2. The average Bonchev–Trinajstić information content (AvgIpc) is 2.81. The van der Waals surface area contributed by atoms with E-state index in [9.17, 15) is 23.1 Å². The van der Waals surface area contributed by atoms with E-state index < -0.39 is 22.2 Å². The molecule has 0 aliphatic carbocycles. The molecule has 2 aromatic carbocycles. The van der Waals surface area contributed by atoms with Crippen molar-refractivity contribution in [3.8, 4) is 5.75 Å². The first-order chi connectivity index (χ1) is 16.5. The molecule has 1 aliphatic rings. The fourth-order valence-electron chi connectivity index (χ4n) is 3.89. The number of anilines is 1. The molecule has 1 heterocycles. The van der Waals surface area contributed by atoms with E-state index in [4.69, 9.17) is 4.74 Å². The molecule has 0 bridgehead atoms. The van der Waals surface area contributed by atoms with Crippen LogP contribution in [0, 0.1) is 5.92 Å². The third kappa shape index (κ3) is 6.81. The molecule has 1 aliphatic heterocycles. The molecule has 2 N–H and O–H groups in total. The number of amides is 2. The molecule has 2 amide bonds. The summed E-state index contributed by atoms with van der Waals surface area (Å²) in [6, 6.07) is 13.7. The average molecular weight is 504 g/mol. The van der Waals surface area contributed by atoms with Crippen LogP contribution in [0.3, 0.4) is 0 Å². The SMILES string of the molecule is C[C@H]1CN([C@@H](C)CO)C(=O)c2cc(NC(=O)Cc3ccccc3)ccc2O[C@H]1CN(C)S(C)(=O)=O. The lowest BCUT2D eigenvalue weighted by atomic mass is 9.99. The van der Waals surface area contributed by atoms with Gasteiger partial charge in [0.25, 0.3) is 5.91 Å². The normalized spacial score (nSPS) is 19.4. The van der Waals surface area contributed by atoms with Crippen molar-refractivity contribution < 1.29 is 27.9 Å². The highest BCUT2D eigenvalue weighted by Crippen LogP contribution is 2.31. The highest BCUT2D eigenvalue weighted by Gasteiger charge is 2.34. The number of rotatable bonds is 8. The second-order valence-electron chi connectivity index (χ2n) is 9.09. The van der Waals surface area contributed by atoms with Crippen LogP contribution in [0.4, 0.5) is 5.69 Å². The van der Waals surface area contributed by atoms with Gasteiger partial charge in [0, 0.05) is 25.2 Å². The number of carbonyl (C=O) groups is 2. The Morgan fingerprint density at radius 3 is 2.57 bits per heavy atom. The lowest BCUT2D eigenvalue weighted by Gasteiger charge is -2.38. The maximum absolute atomic E-state index is 13.5. The zero-order valence-electron chi connectivity index (χ0n) is 20.5. The first-order valence-corrected chi connectivity index (χ1v) is 13.3. The van der Waals surface area contributed by atoms with Crippen LogP contribution in [0.5, 0.6) is 5.75 Å². The van der Waals surface area contributed by atoms with Crippen LogP contribution in [-0.2, 0) is 21.2 Å². The lowest BCUT2D eigenvalue weighted by Crippen LogP contribution is -2.50.